The van der Waals surface area contributed by atoms with Gasteiger partial charge < -0.3 is 15.0 Å². The van der Waals surface area contributed by atoms with Crippen molar-refractivity contribution < 1.29 is 14.3 Å². The third-order valence-corrected chi connectivity index (χ3v) is 6.22. The SMILES string of the molecule is CC(C(=O)NC1CCCC1)N(Cc1cccc(Cl)c1)C(=O)CCCOc1ccc(Cl)cc1. The second-order valence-corrected chi connectivity index (χ2v) is 9.10. The first-order chi connectivity index (χ1) is 15.4. The number of benzene rings is 2. The lowest BCUT2D eigenvalue weighted by Gasteiger charge is -2.30. The summed E-state index contributed by atoms with van der Waals surface area (Å²) in [6.45, 7) is 2.52. The maximum atomic E-state index is 13.1. The van der Waals surface area contributed by atoms with Crippen LogP contribution in [0.15, 0.2) is 48.5 Å². The minimum absolute atomic E-state index is 0.0845. The van der Waals surface area contributed by atoms with Crippen molar-refractivity contribution in [1.29, 1.82) is 0 Å². The highest BCUT2D eigenvalue weighted by molar-refractivity contribution is 6.30. The number of amides is 2. The molecule has 1 aliphatic carbocycles. The molecular weight excluding hydrogens is 447 g/mol. The zero-order valence-corrected chi connectivity index (χ0v) is 19.9. The van der Waals surface area contributed by atoms with Crippen molar-refractivity contribution in [2.45, 2.75) is 64.1 Å². The lowest BCUT2D eigenvalue weighted by atomic mass is 10.1. The number of rotatable bonds is 10. The number of hydrogen-bond acceptors (Lipinski definition) is 3. The molecule has 0 saturated heterocycles. The number of ether oxygens (including phenoxy) is 1. The van der Waals surface area contributed by atoms with Gasteiger partial charge in [0.25, 0.3) is 0 Å². The average Bonchev–Trinajstić information content (AvgIpc) is 3.28. The number of halogens is 2. The summed E-state index contributed by atoms with van der Waals surface area (Å²) in [7, 11) is 0. The Kier molecular flexibility index (Phi) is 9.24. The standard InChI is InChI=1S/C25H30Cl2N2O3/c1-18(25(31)28-22-8-2-3-9-22)29(17-19-6-4-7-21(27)16-19)24(30)10-5-15-32-23-13-11-20(26)12-14-23/h4,6-7,11-14,16,18,22H,2-3,5,8-10,15,17H2,1H3,(H,28,31). The lowest BCUT2D eigenvalue weighted by molar-refractivity contribution is -0.141. The zero-order valence-electron chi connectivity index (χ0n) is 18.4. The van der Waals surface area contributed by atoms with Gasteiger partial charge in [-0.05, 0) is 68.1 Å². The van der Waals surface area contributed by atoms with Crippen LogP contribution in [0.2, 0.25) is 10.0 Å². The summed E-state index contributed by atoms with van der Waals surface area (Å²) in [4.78, 5) is 27.6. The van der Waals surface area contributed by atoms with Gasteiger partial charge in [-0.15, -0.1) is 0 Å². The van der Waals surface area contributed by atoms with Crippen molar-refractivity contribution in [2.24, 2.45) is 0 Å². The summed E-state index contributed by atoms with van der Waals surface area (Å²) in [6, 6.07) is 14.1. The molecule has 2 aromatic rings. The summed E-state index contributed by atoms with van der Waals surface area (Å²) in [5, 5.41) is 4.36. The number of carbonyl (C=O) groups excluding carboxylic acids is 2. The van der Waals surface area contributed by atoms with Gasteiger partial charge in [-0.2, -0.15) is 0 Å². The van der Waals surface area contributed by atoms with Gasteiger partial charge in [-0.3, -0.25) is 9.59 Å². The van der Waals surface area contributed by atoms with Gasteiger partial charge in [0.05, 0.1) is 6.61 Å². The van der Waals surface area contributed by atoms with E-state index in [9.17, 15) is 9.59 Å². The molecule has 1 atom stereocenters. The van der Waals surface area contributed by atoms with Crippen LogP contribution in [0.25, 0.3) is 0 Å². The first kappa shape index (κ1) is 24.4. The van der Waals surface area contributed by atoms with Crippen LogP contribution in [-0.2, 0) is 16.1 Å². The number of hydrogen-bond donors (Lipinski definition) is 1. The molecule has 0 spiro atoms. The molecule has 172 valence electrons. The van der Waals surface area contributed by atoms with Crippen LogP contribution < -0.4 is 10.1 Å². The van der Waals surface area contributed by atoms with Crippen molar-refractivity contribution >= 4 is 35.0 Å². The van der Waals surface area contributed by atoms with Crippen molar-refractivity contribution in [3.05, 3.63) is 64.1 Å². The molecule has 1 N–H and O–H groups in total. The maximum absolute atomic E-state index is 13.1. The fourth-order valence-corrected chi connectivity index (χ4v) is 4.23. The molecule has 0 radical (unpaired) electrons. The topological polar surface area (TPSA) is 58.6 Å². The van der Waals surface area contributed by atoms with Crippen LogP contribution in [-0.4, -0.2) is 35.4 Å². The fourth-order valence-electron chi connectivity index (χ4n) is 3.89. The molecule has 0 aromatic heterocycles. The maximum Gasteiger partial charge on any atom is 0.242 e. The van der Waals surface area contributed by atoms with Crippen LogP contribution >= 0.6 is 23.2 Å². The minimum atomic E-state index is -0.570. The molecule has 32 heavy (non-hydrogen) atoms. The predicted octanol–water partition coefficient (Wildman–Crippen LogP) is 5.63. The Bertz CT molecular complexity index is 898. The van der Waals surface area contributed by atoms with E-state index in [-0.39, 0.29) is 24.3 Å². The number of nitrogens with zero attached hydrogens (tertiary/aromatic N) is 1. The summed E-state index contributed by atoms with van der Waals surface area (Å²) in [5.41, 5.74) is 0.892. The van der Waals surface area contributed by atoms with Gasteiger partial charge in [0, 0.05) is 29.1 Å². The van der Waals surface area contributed by atoms with E-state index in [1.807, 2.05) is 18.2 Å². The third-order valence-electron chi connectivity index (χ3n) is 5.73. The fraction of sp³-hybridized carbons (Fsp3) is 0.440. The van der Waals surface area contributed by atoms with Gasteiger partial charge in [0.2, 0.25) is 11.8 Å². The van der Waals surface area contributed by atoms with Gasteiger partial charge in [-0.1, -0.05) is 48.2 Å². The molecule has 1 unspecified atom stereocenters. The molecule has 5 nitrogen and oxygen atoms in total. The van der Waals surface area contributed by atoms with Gasteiger partial charge in [0.1, 0.15) is 11.8 Å². The van der Waals surface area contributed by atoms with Gasteiger partial charge in [0.15, 0.2) is 0 Å². The molecule has 1 aliphatic rings. The van der Waals surface area contributed by atoms with Crippen molar-refractivity contribution in [2.75, 3.05) is 6.61 Å². The highest BCUT2D eigenvalue weighted by Gasteiger charge is 2.28. The van der Waals surface area contributed by atoms with Crippen LogP contribution in [0.4, 0.5) is 0 Å². The Balaban J connectivity index is 1.59. The molecule has 1 saturated carbocycles. The van der Waals surface area contributed by atoms with Crippen LogP contribution in [0.5, 0.6) is 5.75 Å². The molecule has 7 heteroatoms. The lowest BCUT2D eigenvalue weighted by Crippen LogP contribution is -2.49. The van der Waals surface area contributed by atoms with Crippen molar-refractivity contribution in [3.63, 3.8) is 0 Å². The number of nitrogens with one attached hydrogen (secondary N) is 1. The smallest absolute Gasteiger partial charge is 0.242 e. The summed E-state index contributed by atoms with van der Waals surface area (Å²) in [6.07, 6.45) is 5.11. The minimum Gasteiger partial charge on any atom is -0.494 e. The normalized spacial score (nSPS) is 14.7. The largest absolute Gasteiger partial charge is 0.494 e. The predicted molar refractivity (Wildman–Crippen MR) is 128 cm³/mol. The Labute approximate surface area is 200 Å². The van der Waals surface area contributed by atoms with E-state index in [0.29, 0.717) is 35.4 Å². The molecule has 0 aliphatic heterocycles. The van der Waals surface area contributed by atoms with Crippen molar-refractivity contribution in [3.8, 4) is 5.75 Å². The second kappa shape index (κ2) is 12.1. The van der Waals surface area contributed by atoms with E-state index in [1.165, 1.54) is 0 Å². The zero-order chi connectivity index (χ0) is 22.9. The molecular formula is C25H30Cl2N2O3. The van der Waals surface area contributed by atoms with E-state index in [0.717, 1.165) is 31.2 Å². The summed E-state index contributed by atoms with van der Waals surface area (Å²) >= 11 is 12.0. The van der Waals surface area contributed by atoms with Gasteiger partial charge >= 0.3 is 0 Å². The first-order valence-electron chi connectivity index (χ1n) is 11.1. The second-order valence-electron chi connectivity index (χ2n) is 8.22. The van der Waals surface area contributed by atoms with Crippen LogP contribution in [0.1, 0.15) is 51.0 Å². The molecule has 0 bridgehead atoms. The van der Waals surface area contributed by atoms with E-state index in [1.54, 1.807) is 42.2 Å². The summed E-state index contributed by atoms with van der Waals surface area (Å²) in [5.74, 6) is 0.519. The Morgan fingerprint density at radius 3 is 2.50 bits per heavy atom. The number of carbonyl (C=O) groups is 2. The third kappa shape index (κ3) is 7.42. The van der Waals surface area contributed by atoms with Crippen LogP contribution in [0, 0.1) is 0 Å². The average molecular weight is 477 g/mol. The Morgan fingerprint density at radius 2 is 1.81 bits per heavy atom. The monoisotopic (exact) mass is 476 g/mol. The molecule has 1 fully saturated rings. The quantitative estimate of drug-likeness (QED) is 0.452. The van der Waals surface area contributed by atoms with E-state index in [4.69, 9.17) is 27.9 Å². The van der Waals surface area contributed by atoms with Crippen LogP contribution in [0.3, 0.4) is 0 Å². The van der Waals surface area contributed by atoms with Crippen molar-refractivity contribution in [1.82, 2.24) is 10.2 Å². The summed E-state index contributed by atoms with van der Waals surface area (Å²) < 4.78 is 5.70. The highest BCUT2D eigenvalue weighted by Crippen LogP contribution is 2.20. The van der Waals surface area contributed by atoms with E-state index >= 15 is 0 Å². The molecule has 0 heterocycles. The van der Waals surface area contributed by atoms with E-state index < -0.39 is 6.04 Å². The van der Waals surface area contributed by atoms with Gasteiger partial charge in [-0.25, -0.2) is 0 Å². The highest BCUT2D eigenvalue weighted by atomic mass is 35.5. The first-order valence-corrected chi connectivity index (χ1v) is 11.9. The molecule has 2 amide bonds. The Hall–Kier alpha value is -2.24. The van der Waals surface area contributed by atoms with E-state index in [2.05, 4.69) is 5.32 Å². The Morgan fingerprint density at radius 1 is 1.09 bits per heavy atom. The molecule has 2 aromatic carbocycles. The molecule has 3 rings (SSSR count).